The number of nitrogens with zero attached hydrogens (tertiary/aromatic N) is 2. The molecule has 0 bridgehead atoms. The first-order valence-electron chi connectivity index (χ1n) is 10.6. The molecule has 0 saturated carbocycles. The number of aromatic nitrogens is 1. The number of carbonyl (C=O) groups is 1. The van der Waals surface area contributed by atoms with E-state index in [4.69, 9.17) is 33.2 Å². The maximum atomic E-state index is 12.4. The van der Waals surface area contributed by atoms with Crippen molar-refractivity contribution in [3.8, 4) is 11.8 Å². The highest BCUT2D eigenvalue weighted by atomic mass is 35.5. The molecule has 0 aliphatic carbocycles. The Kier molecular flexibility index (Phi) is 8.38. The van der Waals surface area contributed by atoms with E-state index in [-0.39, 0.29) is 23.8 Å². The quantitative estimate of drug-likeness (QED) is 0.546. The zero-order valence-electron chi connectivity index (χ0n) is 18.5. The van der Waals surface area contributed by atoms with Gasteiger partial charge in [0.25, 0.3) is 11.5 Å². The highest BCUT2D eigenvalue weighted by Crippen LogP contribution is 2.34. The Morgan fingerprint density at radius 2 is 2.06 bits per heavy atom. The second kappa shape index (κ2) is 11.0. The molecule has 1 aromatic heterocycles. The van der Waals surface area contributed by atoms with Crippen molar-refractivity contribution in [1.29, 1.82) is 5.26 Å². The molecule has 176 valence electrons. The Morgan fingerprint density at radius 1 is 1.36 bits per heavy atom. The number of halogens is 2. The topological polar surface area (TPSA) is 118 Å². The first kappa shape index (κ1) is 25.1. The van der Waals surface area contributed by atoms with Crippen LogP contribution >= 0.6 is 23.2 Å². The molecule has 0 spiro atoms. The zero-order chi connectivity index (χ0) is 24.1. The van der Waals surface area contributed by atoms with E-state index in [2.05, 4.69) is 15.2 Å². The lowest BCUT2D eigenvalue weighted by Crippen LogP contribution is -2.45. The van der Waals surface area contributed by atoms with Crippen molar-refractivity contribution < 1.29 is 14.6 Å². The SMILES string of the molecule is Cc1[nH]c(=O)c(C#N)cc1C(=O)NC[C@@H](O)CN1CCC(Oc2ccc(Cl)c(C)c2Cl)CC1. The second-order valence-electron chi connectivity index (χ2n) is 8.13. The van der Waals surface area contributed by atoms with Gasteiger partial charge < -0.3 is 25.0 Å². The molecule has 1 atom stereocenters. The van der Waals surface area contributed by atoms with E-state index in [9.17, 15) is 14.7 Å². The van der Waals surface area contributed by atoms with E-state index in [0.29, 0.717) is 28.0 Å². The minimum atomic E-state index is -0.765. The summed E-state index contributed by atoms with van der Waals surface area (Å²) < 4.78 is 6.06. The average molecular weight is 493 g/mol. The average Bonchev–Trinajstić information content (AvgIpc) is 2.79. The summed E-state index contributed by atoms with van der Waals surface area (Å²) in [7, 11) is 0. The Bertz CT molecular complexity index is 1120. The highest BCUT2D eigenvalue weighted by molar-refractivity contribution is 6.36. The van der Waals surface area contributed by atoms with Crippen molar-refractivity contribution in [2.45, 2.75) is 38.9 Å². The lowest BCUT2D eigenvalue weighted by atomic mass is 10.1. The summed E-state index contributed by atoms with van der Waals surface area (Å²) in [6.45, 7) is 5.37. The third kappa shape index (κ3) is 6.27. The second-order valence-corrected chi connectivity index (χ2v) is 8.91. The lowest BCUT2D eigenvalue weighted by molar-refractivity contribution is 0.0594. The van der Waals surface area contributed by atoms with Crippen molar-refractivity contribution in [2.75, 3.05) is 26.2 Å². The van der Waals surface area contributed by atoms with Gasteiger partial charge >= 0.3 is 0 Å². The van der Waals surface area contributed by atoms with Crippen molar-refractivity contribution in [3.63, 3.8) is 0 Å². The molecule has 10 heteroatoms. The van der Waals surface area contributed by atoms with Crippen LogP contribution in [0.4, 0.5) is 0 Å². The van der Waals surface area contributed by atoms with Gasteiger partial charge in [0.15, 0.2) is 0 Å². The maximum Gasteiger partial charge on any atom is 0.266 e. The normalized spacial score (nSPS) is 15.6. The molecule has 33 heavy (non-hydrogen) atoms. The van der Waals surface area contributed by atoms with Crippen LogP contribution in [0.1, 0.15) is 40.0 Å². The van der Waals surface area contributed by atoms with Gasteiger partial charge in [0.05, 0.1) is 16.7 Å². The van der Waals surface area contributed by atoms with E-state index in [1.165, 1.54) is 6.07 Å². The number of aliphatic hydroxyl groups excluding tert-OH is 1. The molecule has 8 nitrogen and oxygen atoms in total. The predicted octanol–water partition coefficient (Wildman–Crippen LogP) is 2.80. The lowest BCUT2D eigenvalue weighted by Gasteiger charge is -2.33. The monoisotopic (exact) mass is 492 g/mol. The number of likely N-dealkylation sites (tertiary alicyclic amines) is 1. The number of nitriles is 1. The van der Waals surface area contributed by atoms with Gasteiger partial charge in [0.1, 0.15) is 23.5 Å². The van der Waals surface area contributed by atoms with Crippen LogP contribution < -0.4 is 15.6 Å². The number of amides is 1. The standard InChI is InChI=1S/C23H26Cl2N4O4/c1-13-19(24)3-4-20(21(13)25)33-17-5-7-29(8-6-17)12-16(30)11-27-23(32)18-9-15(10-26)22(31)28-14(18)2/h3-4,9,16-17,30H,5-8,11-12H2,1-2H3,(H,27,32)(H,28,31)/t16-/m1/s1. The van der Waals surface area contributed by atoms with Gasteiger partial charge in [-0.3, -0.25) is 9.59 Å². The van der Waals surface area contributed by atoms with Crippen LogP contribution in [0, 0.1) is 25.2 Å². The Hall–Kier alpha value is -2.57. The molecular weight excluding hydrogens is 467 g/mol. The number of ether oxygens (including phenoxy) is 1. The van der Waals surface area contributed by atoms with Gasteiger partial charge in [0, 0.05) is 36.9 Å². The fraction of sp³-hybridized carbons (Fsp3) is 0.435. The largest absolute Gasteiger partial charge is 0.489 e. The first-order valence-corrected chi connectivity index (χ1v) is 11.4. The van der Waals surface area contributed by atoms with Crippen molar-refractivity contribution in [3.05, 3.63) is 61.0 Å². The number of β-amino-alcohol motifs (C(OH)–C–C–N with tert-alkyl or cyclic N) is 1. The molecule has 1 aromatic carbocycles. The van der Waals surface area contributed by atoms with Crippen LogP contribution in [0.15, 0.2) is 23.0 Å². The highest BCUT2D eigenvalue weighted by Gasteiger charge is 2.24. The molecule has 2 heterocycles. The number of hydrogen-bond acceptors (Lipinski definition) is 6. The predicted molar refractivity (Wildman–Crippen MR) is 126 cm³/mol. The molecule has 0 radical (unpaired) electrons. The van der Waals surface area contributed by atoms with Crippen LogP contribution in [0.3, 0.4) is 0 Å². The fourth-order valence-electron chi connectivity index (χ4n) is 3.73. The van der Waals surface area contributed by atoms with Gasteiger partial charge in [-0.05, 0) is 50.5 Å². The number of aryl methyl sites for hydroxylation is 1. The molecule has 1 saturated heterocycles. The number of aliphatic hydroxyl groups is 1. The number of benzene rings is 1. The molecule has 1 fully saturated rings. The van der Waals surface area contributed by atoms with Gasteiger partial charge in [-0.15, -0.1) is 0 Å². The van der Waals surface area contributed by atoms with Crippen LogP contribution in [0.2, 0.25) is 10.0 Å². The fourth-order valence-corrected chi connectivity index (χ4v) is 4.14. The minimum Gasteiger partial charge on any atom is -0.489 e. The molecule has 1 aliphatic heterocycles. The van der Waals surface area contributed by atoms with Gasteiger partial charge in [0.2, 0.25) is 0 Å². The van der Waals surface area contributed by atoms with E-state index in [1.54, 1.807) is 25.1 Å². The molecule has 2 aromatic rings. The van der Waals surface area contributed by atoms with Crippen LogP contribution in [-0.2, 0) is 0 Å². The van der Waals surface area contributed by atoms with Crippen LogP contribution in [0.5, 0.6) is 5.75 Å². The zero-order valence-corrected chi connectivity index (χ0v) is 20.0. The molecule has 1 aliphatic rings. The summed E-state index contributed by atoms with van der Waals surface area (Å²) in [5.41, 5.74) is 0.690. The Labute approximate surface area is 202 Å². The van der Waals surface area contributed by atoms with E-state index >= 15 is 0 Å². The van der Waals surface area contributed by atoms with Gasteiger partial charge in [-0.25, -0.2) is 0 Å². The van der Waals surface area contributed by atoms with Crippen LogP contribution in [-0.4, -0.2) is 59.3 Å². The summed E-state index contributed by atoms with van der Waals surface area (Å²) in [6.07, 6.45) is 0.821. The summed E-state index contributed by atoms with van der Waals surface area (Å²) >= 11 is 12.4. The molecular formula is C23H26Cl2N4O4. The number of piperidine rings is 1. The number of carbonyl (C=O) groups excluding carboxylic acids is 1. The van der Waals surface area contributed by atoms with Crippen molar-refractivity contribution in [2.24, 2.45) is 0 Å². The van der Waals surface area contributed by atoms with Gasteiger partial charge in [-0.1, -0.05) is 23.2 Å². The van der Waals surface area contributed by atoms with E-state index in [1.807, 2.05) is 6.92 Å². The number of rotatable bonds is 7. The third-order valence-electron chi connectivity index (χ3n) is 5.68. The Morgan fingerprint density at radius 3 is 2.73 bits per heavy atom. The molecule has 0 unspecified atom stereocenters. The smallest absolute Gasteiger partial charge is 0.266 e. The summed E-state index contributed by atoms with van der Waals surface area (Å²) in [5.74, 6) is 0.165. The number of aromatic amines is 1. The van der Waals surface area contributed by atoms with Crippen LogP contribution in [0.25, 0.3) is 0 Å². The molecule has 3 rings (SSSR count). The number of nitrogens with one attached hydrogen (secondary N) is 2. The maximum absolute atomic E-state index is 12.4. The minimum absolute atomic E-state index is 0.0220. The molecule has 3 N–H and O–H groups in total. The van der Waals surface area contributed by atoms with E-state index < -0.39 is 17.6 Å². The Balaban J connectivity index is 1.46. The third-order valence-corrected chi connectivity index (χ3v) is 6.56. The number of H-pyrrole nitrogens is 1. The summed E-state index contributed by atoms with van der Waals surface area (Å²) in [5, 5.41) is 23.1. The van der Waals surface area contributed by atoms with E-state index in [0.717, 1.165) is 31.5 Å². The number of hydrogen-bond donors (Lipinski definition) is 3. The summed E-state index contributed by atoms with van der Waals surface area (Å²) in [6, 6.07) is 6.57. The van der Waals surface area contributed by atoms with Gasteiger partial charge in [-0.2, -0.15) is 5.26 Å². The summed E-state index contributed by atoms with van der Waals surface area (Å²) in [4.78, 5) is 28.7. The number of pyridine rings is 1. The van der Waals surface area contributed by atoms with Crippen molar-refractivity contribution in [1.82, 2.24) is 15.2 Å². The molecule has 1 amide bonds. The van der Waals surface area contributed by atoms with Crippen molar-refractivity contribution >= 4 is 29.1 Å². The first-order chi connectivity index (χ1) is 15.7.